The fraction of sp³-hybridized carbons (Fsp3) is 0.517. The van der Waals surface area contributed by atoms with Crippen molar-refractivity contribution in [3.8, 4) is 10.4 Å². The number of aliphatic hydroxyl groups is 1. The standard InChI is InChI=1S/C60H75N9O8S/c1-9-39-30-45-46(60(6,7)55-52(53(45)73)44-15-14-41(61-8)31-47(44)64-55)33-48(39)67-20-16-42(17-21-67)66-22-24-68(25-23-66)51(72)19-27-77-29-28-76-26-18-50(71)65-56(59(3,4)5)58(75)69-35-43(70)32-49(69)57(74)62-34-38-10-12-40(13-11-38)54-37(2)63-36-78-54/h10-15,30-31,33,36,42-43,49,56,64,70H,9,16-29,32,34-35H2,1-7H3,(H,62,74)(H,65,71)/t43-,49+,56-/m1/s1. The van der Waals surface area contributed by atoms with E-state index in [0.717, 1.165) is 94.9 Å². The van der Waals surface area contributed by atoms with Gasteiger partial charge in [-0.1, -0.05) is 77.9 Å². The summed E-state index contributed by atoms with van der Waals surface area (Å²) < 4.78 is 11.4. The molecule has 0 bridgehead atoms. The molecule has 414 valence electrons. The number of amides is 4. The summed E-state index contributed by atoms with van der Waals surface area (Å²) in [5, 5.41) is 17.3. The lowest BCUT2D eigenvalue weighted by Gasteiger charge is -2.44. The van der Waals surface area contributed by atoms with Gasteiger partial charge in [0.05, 0.1) is 67.2 Å². The lowest BCUT2D eigenvalue weighted by atomic mass is 9.70. The number of benzene rings is 3. The molecule has 1 aliphatic carbocycles. The van der Waals surface area contributed by atoms with Crippen molar-refractivity contribution in [2.24, 2.45) is 5.41 Å². The van der Waals surface area contributed by atoms with Crippen LogP contribution in [0.15, 0.2) is 60.1 Å². The highest BCUT2D eigenvalue weighted by Gasteiger charge is 2.45. The Bertz CT molecular complexity index is 3060. The van der Waals surface area contributed by atoms with E-state index in [4.69, 9.17) is 16.0 Å². The van der Waals surface area contributed by atoms with Crippen LogP contribution in [0, 0.1) is 18.9 Å². The molecule has 18 heteroatoms. The lowest BCUT2D eigenvalue weighted by Crippen LogP contribution is -2.57. The Morgan fingerprint density at radius 1 is 0.949 bits per heavy atom. The summed E-state index contributed by atoms with van der Waals surface area (Å²) in [6.45, 7) is 27.5. The summed E-state index contributed by atoms with van der Waals surface area (Å²) in [5.41, 5.74) is 10.8. The quantitative estimate of drug-likeness (QED) is 0.0508. The summed E-state index contributed by atoms with van der Waals surface area (Å²) in [5.74, 6) is -1.06. The predicted octanol–water partition coefficient (Wildman–Crippen LogP) is 7.32. The lowest BCUT2D eigenvalue weighted by molar-refractivity contribution is -0.144. The molecule has 4 N–H and O–H groups in total. The SMILES string of the molecule is [C-]#[N+]c1ccc2c3c([nH]c2c1)C(C)(C)c1cc(N2CCC(N4CCN(C(=O)CCOCCOCCC(=O)N[C@H](C(=O)N5C[C@H](O)C[C@H]5C(=O)NCc5ccc(-c6scnc6C)cc5)C(C)(C)C)CC4)CC2)c(CC)cc1C3=O. The molecule has 78 heavy (non-hydrogen) atoms. The number of rotatable bonds is 18. The van der Waals surface area contributed by atoms with E-state index >= 15 is 0 Å². The molecule has 4 aliphatic rings. The number of anilines is 1. The number of carbonyl (C=O) groups is 5. The van der Waals surface area contributed by atoms with Crippen molar-refractivity contribution in [2.75, 3.05) is 77.1 Å². The van der Waals surface area contributed by atoms with E-state index in [1.165, 1.54) is 16.2 Å². The number of ketones is 1. The average molecular weight is 1080 g/mol. The number of aliphatic hydroxyl groups excluding tert-OH is 1. The van der Waals surface area contributed by atoms with Crippen molar-refractivity contribution in [1.29, 1.82) is 0 Å². The maximum Gasteiger partial charge on any atom is 0.246 e. The number of aromatic amines is 1. The van der Waals surface area contributed by atoms with Crippen LogP contribution in [0.2, 0.25) is 0 Å². The van der Waals surface area contributed by atoms with Gasteiger partial charge in [-0.25, -0.2) is 9.83 Å². The van der Waals surface area contributed by atoms with Gasteiger partial charge in [-0.2, -0.15) is 0 Å². The molecule has 0 radical (unpaired) electrons. The molecular weight excluding hydrogens is 1010 g/mol. The summed E-state index contributed by atoms with van der Waals surface area (Å²) in [6, 6.07) is 16.4. The van der Waals surface area contributed by atoms with Crippen LogP contribution < -0.4 is 15.5 Å². The topological polar surface area (TPSA) is 194 Å². The van der Waals surface area contributed by atoms with Gasteiger partial charge in [-0.05, 0) is 72.1 Å². The molecule has 0 unspecified atom stereocenters. The predicted molar refractivity (Wildman–Crippen MR) is 302 cm³/mol. The molecule has 3 aliphatic heterocycles. The first-order valence-corrected chi connectivity index (χ1v) is 28.5. The van der Waals surface area contributed by atoms with Crippen LogP contribution in [0.1, 0.15) is 118 Å². The molecule has 3 saturated heterocycles. The number of nitrogens with one attached hydrogen (secondary N) is 3. The zero-order valence-corrected chi connectivity index (χ0v) is 47.0. The van der Waals surface area contributed by atoms with Crippen LogP contribution in [-0.4, -0.2) is 156 Å². The summed E-state index contributed by atoms with van der Waals surface area (Å²) in [6.07, 6.45) is 2.36. The Morgan fingerprint density at radius 2 is 1.65 bits per heavy atom. The van der Waals surface area contributed by atoms with Crippen LogP contribution in [0.3, 0.4) is 0 Å². The number of carbonyl (C=O) groups excluding carboxylic acids is 5. The number of hydrogen-bond donors (Lipinski definition) is 4. The molecule has 0 saturated carbocycles. The minimum Gasteiger partial charge on any atom is -0.391 e. The van der Waals surface area contributed by atoms with Gasteiger partial charge in [-0.3, -0.25) is 28.9 Å². The first-order valence-electron chi connectivity index (χ1n) is 27.6. The second-order valence-electron chi connectivity index (χ2n) is 22.9. The van der Waals surface area contributed by atoms with Gasteiger partial charge in [0.25, 0.3) is 0 Å². The third-order valence-corrected chi connectivity index (χ3v) is 17.3. The largest absolute Gasteiger partial charge is 0.391 e. The minimum absolute atomic E-state index is 0.00900. The summed E-state index contributed by atoms with van der Waals surface area (Å²) in [4.78, 5) is 89.0. The number of aryl methyl sites for hydroxylation is 2. The second kappa shape index (κ2) is 23.9. The van der Waals surface area contributed by atoms with E-state index in [0.29, 0.717) is 30.4 Å². The number of β-amino-alcohol motifs (C(OH)–C–C–N with tert-alkyl or cyclic N) is 1. The fourth-order valence-corrected chi connectivity index (χ4v) is 12.6. The molecule has 9 rings (SSSR count). The third kappa shape index (κ3) is 12.1. The summed E-state index contributed by atoms with van der Waals surface area (Å²) in [7, 11) is 0. The van der Waals surface area contributed by atoms with Crippen molar-refractivity contribution >= 4 is 63.0 Å². The number of ether oxygens (including phenoxy) is 2. The average Bonchev–Trinajstić information content (AvgIpc) is 4.34. The Morgan fingerprint density at radius 3 is 2.31 bits per heavy atom. The van der Waals surface area contributed by atoms with Crippen molar-refractivity contribution in [2.45, 2.75) is 123 Å². The number of aromatic nitrogens is 2. The fourth-order valence-electron chi connectivity index (χ4n) is 11.8. The Balaban J connectivity index is 0.660. The Labute approximate surface area is 461 Å². The first-order chi connectivity index (χ1) is 37.4. The van der Waals surface area contributed by atoms with Crippen molar-refractivity contribution in [3.63, 3.8) is 0 Å². The first kappa shape index (κ1) is 56.2. The van der Waals surface area contributed by atoms with E-state index in [-0.39, 0.29) is 82.3 Å². The van der Waals surface area contributed by atoms with E-state index in [1.807, 2.05) is 74.5 Å². The molecule has 2 aromatic heterocycles. The van der Waals surface area contributed by atoms with Crippen molar-refractivity contribution in [3.05, 3.63) is 111 Å². The van der Waals surface area contributed by atoms with Gasteiger partial charge < -0.3 is 44.9 Å². The zero-order chi connectivity index (χ0) is 55.5. The number of piperidine rings is 1. The number of hydrogen-bond acceptors (Lipinski definition) is 12. The maximum atomic E-state index is 14.2. The van der Waals surface area contributed by atoms with Crippen LogP contribution in [0.4, 0.5) is 11.4 Å². The number of nitrogens with zero attached hydrogens (tertiary/aromatic N) is 6. The van der Waals surface area contributed by atoms with Crippen molar-refractivity contribution < 1.29 is 38.6 Å². The van der Waals surface area contributed by atoms with E-state index in [2.05, 4.69) is 68.2 Å². The molecule has 17 nitrogen and oxygen atoms in total. The molecule has 0 spiro atoms. The molecule has 5 aromatic rings. The normalized spacial score (nSPS) is 19.1. The van der Waals surface area contributed by atoms with E-state index < -0.39 is 34.9 Å². The van der Waals surface area contributed by atoms with Crippen LogP contribution in [0.5, 0.6) is 0 Å². The van der Waals surface area contributed by atoms with Gasteiger partial charge in [-0.15, -0.1) is 11.3 Å². The highest BCUT2D eigenvalue weighted by Crippen LogP contribution is 2.46. The highest BCUT2D eigenvalue weighted by atomic mass is 32.1. The molecule has 3 atom stereocenters. The molecule has 3 fully saturated rings. The number of piperazine rings is 1. The molecule has 5 heterocycles. The monoisotopic (exact) mass is 1080 g/mol. The van der Waals surface area contributed by atoms with Gasteiger partial charge >= 0.3 is 0 Å². The van der Waals surface area contributed by atoms with Crippen LogP contribution >= 0.6 is 11.3 Å². The van der Waals surface area contributed by atoms with Gasteiger partial charge in [0.2, 0.25) is 23.6 Å². The molecular formula is C60H75N9O8S. The number of thiazole rings is 1. The van der Waals surface area contributed by atoms with Crippen molar-refractivity contribution in [1.82, 2.24) is 35.3 Å². The van der Waals surface area contributed by atoms with Crippen LogP contribution in [-0.2, 0) is 47.0 Å². The Kier molecular flexibility index (Phi) is 17.2. The smallest absolute Gasteiger partial charge is 0.246 e. The number of H-pyrrole nitrogens is 1. The Hall–Kier alpha value is -6.49. The van der Waals surface area contributed by atoms with E-state index in [9.17, 15) is 29.1 Å². The minimum atomic E-state index is -0.944. The van der Waals surface area contributed by atoms with Crippen LogP contribution in [0.25, 0.3) is 26.2 Å². The zero-order valence-electron chi connectivity index (χ0n) is 46.2. The van der Waals surface area contributed by atoms with Gasteiger partial charge in [0, 0.05) is 105 Å². The molecule has 3 aromatic carbocycles. The highest BCUT2D eigenvalue weighted by molar-refractivity contribution is 7.13. The number of fused-ring (bicyclic) bond motifs is 4. The maximum absolute atomic E-state index is 14.2. The summed E-state index contributed by atoms with van der Waals surface area (Å²) >= 11 is 1.57. The van der Waals surface area contributed by atoms with Gasteiger partial charge in [0.1, 0.15) is 12.1 Å². The second-order valence-corrected chi connectivity index (χ2v) is 23.7. The third-order valence-electron chi connectivity index (χ3n) is 16.3. The van der Waals surface area contributed by atoms with E-state index in [1.54, 1.807) is 17.4 Å². The molecule has 4 amide bonds. The number of likely N-dealkylation sites (tertiary alicyclic amines) is 1. The van der Waals surface area contributed by atoms with Gasteiger partial charge in [0.15, 0.2) is 11.5 Å².